The van der Waals surface area contributed by atoms with E-state index in [0.717, 1.165) is 6.07 Å². The number of alkyl halides is 1. The molecule has 0 aliphatic carbocycles. The number of hydrogen-bond donors (Lipinski definition) is 3. The van der Waals surface area contributed by atoms with Crippen LogP contribution in [0.1, 0.15) is 6.42 Å². The Morgan fingerprint density at radius 3 is 2.57 bits per heavy atom. The number of hydrogen-bond acceptors (Lipinski definition) is 4. The second-order valence-electron chi connectivity index (χ2n) is 4.34. The van der Waals surface area contributed by atoms with Crippen LogP contribution >= 0.6 is 11.6 Å². The lowest BCUT2D eigenvalue weighted by Gasteiger charge is -2.08. The Labute approximate surface area is 126 Å². The number of phenolic OH excluding ortho intramolecular Hbond substituents is 1. The van der Waals surface area contributed by atoms with E-state index in [0.29, 0.717) is 16.5 Å². The van der Waals surface area contributed by atoms with E-state index >= 15 is 0 Å². The average Bonchev–Trinajstić information content (AvgIpc) is 2.38. The Balaban J connectivity index is 2.45. The first-order valence-electron chi connectivity index (χ1n) is 5.91. The van der Waals surface area contributed by atoms with Crippen LogP contribution in [0.3, 0.4) is 0 Å². The first-order valence-corrected chi connectivity index (χ1v) is 7.89. The van der Waals surface area contributed by atoms with Gasteiger partial charge in [0.2, 0.25) is 5.91 Å². The Hall–Kier alpha value is -1.83. The van der Waals surface area contributed by atoms with Crippen molar-refractivity contribution in [2.24, 2.45) is 0 Å². The highest BCUT2D eigenvalue weighted by atomic mass is 35.5. The number of aromatic hydroxyl groups is 1. The van der Waals surface area contributed by atoms with E-state index in [2.05, 4.69) is 5.32 Å². The van der Waals surface area contributed by atoms with Gasteiger partial charge in [-0.05, 0) is 23.6 Å². The summed E-state index contributed by atoms with van der Waals surface area (Å²) >= 11 is 5.46. The fourth-order valence-corrected chi connectivity index (χ4v) is 2.56. The molecule has 0 radical (unpaired) electrons. The molecule has 2 aromatic carbocycles. The van der Waals surface area contributed by atoms with Crippen molar-refractivity contribution >= 4 is 44.1 Å². The van der Waals surface area contributed by atoms with Crippen molar-refractivity contribution in [1.29, 1.82) is 0 Å². The van der Waals surface area contributed by atoms with Crippen LogP contribution in [0, 0.1) is 0 Å². The maximum absolute atomic E-state index is 11.4. The van der Waals surface area contributed by atoms with Crippen LogP contribution < -0.4 is 5.32 Å². The van der Waals surface area contributed by atoms with Gasteiger partial charge in [0.15, 0.2) is 0 Å². The van der Waals surface area contributed by atoms with Crippen LogP contribution in [0.4, 0.5) is 5.69 Å². The lowest BCUT2D eigenvalue weighted by Crippen LogP contribution is -2.11. The minimum Gasteiger partial charge on any atom is -0.507 e. The summed E-state index contributed by atoms with van der Waals surface area (Å²) in [5, 5.41) is 13.2. The van der Waals surface area contributed by atoms with Crippen molar-refractivity contribution in [3.8, 4) is 5.75 Å². The predicted molar refractivity (Wildman–Crippen MR) is 79.4 cm³/mol. The van der Waals surface area contributed by atoms with Gasteiger partial charge in [-0.15, -0.1) is 11.6 Å². The smallest absolute Gasteiger partial charge is 0.294 e. The molecule has 6 nitrogen and oxygen atoms in total. The van der Waals surface area contributed by atoms with Crippen molar-refractivity contribution in [2.45, 2.75) is 11.3 Å². The Bertz CT molecular complexity index is 804. The van der Waals surface area contributed by atoms with Crippen LogP contribution in [-0.4, -0.2) is 29.9 Å². The molecule has 112 valence electrons. The zero-order chi connectivity index (χ0) is 15.6. The van der Waals surface area contributed by atoms with E-state index in [-0.39, 0.29) is 24.0 Å². The SMILES string of the molecule is O=C(CCCl)Nc1ccc2cc(S(=O)(=O)O)cc(O)c2c1. The second-order valence-corrected chi connectivity index (χ2v) is 6.14. The highest BCUT2D eigenvalue weighted by Crippen LogP contribution is 2.30. The van der Waals surface area contributed by atoms with Gasteiger partial charge >= 0.3 is 0 Å². The maximum atomic E-state index is 11.4. The van der Waals surface area contributed by atoms with Crippen molar-refractivity contribution in [3.05, 3.63) is 30.3 Å². The van der Waals surface area contributed by atoms with Crippen molar-refractivity contribution in [3.63, 3.8) is 0 Å². The van der Waals surface area contributed by atoms with Gasteiger partial charge in [-0.3, -0.25) is 9.35 Å². The van der Waals surface area contributed by atoms with E-state index in [9.17, 15) is 18.3 Å². The maximum Gasteiger partial charge on any atom is 0.294 e. The number of carbonyl (C=O) groups excluding carboxylic acids is 1. The molecular weight excluding hydrogens is 318 g/mol. The van der Waals surface area contributed by atoms with E-state index in [1.165, 1.54) is 18.2 Å². The molecular formula is C13H12ClNO5S. The summed E-state index contributed by atoms with van der Waals surface area (Å²) in [6, 6.07) is 6.77. The van der Waals surface area contributed by atoms with Crippen molar-refractivity contribution in [1.82, 2.24) is 0 Å². The largest absolute Gasteiger partial charge is 0.507 e. The zero-order valence-electron chi connectivity index (χ0n) is 10.7. The third-order valence-corrected chi connectivity index (χ3v) is 3.83. The Kier molecular flexibility index (Phi) is 4.36. The molecule has 0 aliphatic rings. The minimum absolute atomic E-state index is 0.160. The van der Waals surface area contributed by atoms with Crippen LogP contribution in [0.5, 0.6) is 5.75 Å². The van der Waals surface area contributed by atoms with Gasteiger partial charge < -0.3 is 10.4 Å². The number of nitrogens with one attached hydrogen (secondary N) is 1. The molecule has 0 saturated carbocycles. The van der Waals surface area contributed by atoms with E-state index in [1.807, 2.05) is 0 Å². The molecule has 0 aromatic heterocycles. The molecule has 0 aliphatic heterocycles. The lowest BCUT2D eigenvalue weighted by atomic mass is 10.1. The predicted octanol–water partition coefficient (Wildman–Crippen LogP) is 2.36. The Morgan fingerprint density at radius 2 is 1.95 bits per heavy atom. The molecule has 0 bridgehead atoms. The topological polar surface area (TPSA) is 104 Å². The summed E-state index contributed by atoms with van der Waals surface area (Å²) in [7, 11) is -4.40. The summed E-state index contributed by atoms with van der Waals surface area (Å²) in [6.07, 6.45) is 0.160. The molecule has 1 amide bonds. The van der Waals surface area contributed by atoms with Gasteiger partial charge in [0.1, 0.15) is 5.75 Å². The van der Waals surface area contributed by atoms with Gasteiger partial charge in [-0.2, -0.15) is 8.42 Å². The standard InChI is InChI=1S/C13H12ClNO5S/c14-4-3-13(17)15-9-2-1-8-5-10(21(18,19)20)7-12(16)11(8)6-9/h1-2,5-7,16H,3-4H2,(H,15,17)(H,18,19,20). The fraction of sp³-hybridized carbons (Fsp3) is 0.154. The van der Waals surface area contributed by atoms with Crippen molar-refractivity contribution < 1.29 is 22.9 Å². The summed E-state index contributed by atoms with van der Waals surface area (Å²) < 4.78 is 31.2. The number of halogens is 1. The summed E-state index contributed by atoms with van der Waals surface area (Å²) in [5.74, 6) is -0.380. The van der Waals surface area contributed by atoms with Crippen LogP contribution in [0.15, 0.2) is 35.2 Å². The molecule has 0 atom stereocenters. The molecule has 21 heavy (non-hydrogen) atoms. The third-order valence-electron chi connectivity index (χ3n) is 2.81. The van der Waals surface area contributed by atoms with E-state index < -0.39 is 15.0 Å². The highest BCUT2D eigenvalue weighted by Gasteiger charge is 2.13. The average molecular weight is 330 g/mol. The number of phenols is 1. The molecule has 0 spiro atoms. The second kappa shape index (κ2) is 5.88. The summed E-state index contributed by atoms with van der Waals surface area (Å²) in [5.41, 5.74) is 0.451. The number of amides is 1. The Morgan fingerprint density at radius 1 is 1.24 bits per heavy atom. The number of benzene rings is 2. The molecule has 0 heterocycles. The quantitative estimate of drug-likeness (QED) is 0.590. The van der Waals surface area contributed by atoms with Gasteiger partial charge in [0.25, 0.3) is 10.1 Å². The normalized spacial score (nSPS) is 11.5. The first kappa shape index (κ1) is 15.6. The van der Waals surface area contributed by atoms with Crippen LogP contribution in [-0.2, 0) is 14.9 Å². The summed E-state index contributed by atoms with van der Waals surface area (Å²) in [4.78, 5) is 11.1. The molecule has 8 heteroatoms. The van der Waals surface area contributed by atoms with Gasteiger partial charge in [-0.1, -0.05) is 6.07 Å². The van der Waals surface area contributed by atoms with Crippen LogP contribution in [0.25, 0.3) is 10.8 Å². The monoisotopic (exact) mass is 329 g/mol. The summed E-state index contributed by atoms with van der Waals surface area (Å²) in [6.45, 7) is 0. The minimum atomic E-state index is -4.40. The van der Waals surface area contributed by atoms with Crippen LogP contribution in [0.2, 0.25) is 0 Å². The molecule has 3 N–H and O–H groups in total. The van der Waals surface area contributed by atoms with Gasteiger partial charge in [-0.25, -0.2) is 0 Å². The third kappa shape index (κ3) is 3.63. The van der Waals surface area contributed by atoms with Crippen molar-refractivity contribution in [2.75, 3.05) is 11.2 Å². The lowest BCUT2D eigenvalue weighted by molar-refractivity contribution is -0.115. The van der Waals surface area contributed by atoms with Gasteiger partial charge in [0, 0.05) is 29.4 Å². The number of carbonyl (C=O) groups is 1. The van der Waals surface area contributed by atoms with Gasteiger partial charge in [0.05, 0.1) is 4.90 Å². The fourth-order valence-electron chi connectivity index (χ4n) is 1.85. The van der Waals surface area contributed by atoms with E-state index in [4.69, 9.17) is 16.2 Å². The van der Waals surface area contributed by atoms with E-state index in [1.54, 1.807) is 6.07 Å². The highest BCUT2D eigenvalue weighted by molar-refractivity contribution is 7.85. The molecule has 0 unspecified atom stereocenters. The molecule has 0 fully saturated rings. The number of rotatable bonds is 4. The number of anilines is 1. The molecule has 2 aromatic rings. The number of fused-ring (bicyclic) bond motifs is 1. The molecule has 0 saturated heterocycles. The molecule has 2 rings (SSSR count). The zero-order valence-corrected chi connectivity index (χ0v) is 12.3. The first-order chi connectivity index (χ1) is 9.81.